The third-order valence-corrected chi connectivity index (χ3v) is 4.23. The highest BCUT2D eigenvalue weighted by atomic mass is 16.6. The maximum atomic E-state index is 11.1. The Bertz CT molecular complexity index is 1160. The Morgan fingerprint density at radius 1 is 1.16 bits per heavy atom. The van der Waals surface area contributed by atoms with Crippen LogP contribution in [0.4, 0.5) is 17.5 Å². The van der Waals surface area contributed by atoms with Crippen LogP contribution in [0, 0.1) is 10.1 Å². The van der Waals surface area contributed by atoms with Gasteiger partial charge in [-0.3, -0.25) is 10.1 Å². The van der Waals surface area contributed by atoms with Gasteiger partial charge < -0.3 is 16.0 Å². The summed E-state index contributed by atoms with van der Waals surface area (Å²) in [6, 6.07) is 10.3. The van der Waals surface area contributed by atoms with Crippen molar-refractivity contribution < 1.29 is 4.92 Å². The molecular formula is C17H14N6O2. The minimum Gasteiger partial charge on any atom is -0.383 e. The van der Waals surface area contributed by atoms with Crippen molar-refractivity contribution in [2.24, 2.45) is 7.05 Å². The average molecular weight is 334 g/mol. The second kappa shape index (κ2) is 5.17. The van der Waals surface area contributed by atoms with Gasteiger partial charge in [0.05, 0.1) is 21.3 Å². The molecule has 0 fully saturated rings. The molecule has 8 nitrogen and oxygen atoms in total. The second-order valence-corrected chi connectivity index (χ2v) is 5.78. The number of hydrogen-bond donors (Lipinski definition) is 2. The van der Waals surface area contributed by atoms with Crippen molar-refractivity contribution in [1.82, 2.24) is 14.5 Å². The van der Waals surface area contributed by atoms with E-state index < -0.39 is 4.92 Å². The van der Waals surface area contributed by atoms with E-state index in [4.69, 9.17) is 11.5 Å². The maximum absolute atomic E-state index is 11.1. The summed E-state index contributed by atoms with van der Waals surface area (Å²) in [5.74, 6) is 0.398. The second-order valence-electron chi connectivity index (χ2n) is 5.78. The molecule has 0 aliphatic rings. The predicted octanol–water partition coefficient (Wildman–Crippen LogP) is 2.86. The number of aryl methyl sites for hydroxylation is 1. The van der Waals surface area contributed by atoms with E-state index in [0.29, 0.717) is 11.3 Å². The summed E-state index contributed by atoms with van der Waals surface area (Å²) in [5.41, 5.74) is 14.8. The van der Waals surface area contributed by atoms with Crippen LogP contribution in [0.1, 0.15) is 0 Å². The normalized spacial score (nSPS) is 11.2. The van der Waals surface area contributed by atoms with E-state index in [2.05, 4.69) is 9.97 Å². The largest absolute Gasteiger partial charge is 0.383 e. The van der Waals surface area contributed by atoms with Crippen molar-refractivity contribution in [1.29, 1.82) is 0 Å². The number of anilines is 2. The number of non-ortho nitro benzene ring substituents is 1. The number of aromatic nitrogens is 3. The summed E-state index contributed by atoms with van der Waals surface area (Å²) < 4.78 is 1.94. The van der Waals surface area contributed by atoms with Gasteiger partial charge >= 0.3 is 0 Å². The van der Waals surface area contributed by atoms with Crippen molar-refractivity contribution >= 4 is 39.3 Å². The topological polar surface area (TPSA) is 126 Å². The van der Waals surface area contributed by atoms with Crippen LogP contribution in [-0.4, -0.2) is 19.5 Å². The molecule has 0 spiro atoms. The first-order valence-electron chi connectivity index (χ1n) is 7.51. The predicted molar refractivity (Wildman–Crippen MR) is 96.9 cm³/mol. The molecular weight excluding hydrogens is 320 g/mol. The van der Waals surface area contributed by atoms with Crippen LogP contribution in [-0.2, 0) is 7.05 Å². The third kappa shape index (κ3) is 2.23. The number of nitrogen functional groups attached to an aromatic ring is 2. The zero-order valence-corrected chi connectivity index (χ0v) is 13.3. The van der Waals surface area contributed by atoms with Crippen LogP contribution >= 0.6 is 0 Å². The highest BCUT2D eigenvalue weighted by Gasteiger charge is 2.17. The molecule has 0 amide bonds. The van der Waals surface area contributed by atoms with E-state index in [1.807, 2.05) is 36.0 Å². The molecule has 0 bridgehead atoms. The molecule has 0 radical (unpaired) electrons. The first-order chi connectivity index (χ1) is 12.0. The van der Waals surface area contributed by atoms with Gasteiger partial charge in [-0.2, -0.15) is 4.98 Å². The molecule has 2 aromatic heterocycles. The lowest BCUT2D eigenvalue weighted by molar-refractivity contribution is -0.384. The zero-order chi connectivity index (χ0) is 17.7. The van der Waals surface area contributed by atoms with Crippen LogP contribution < -0.4 is 11.5 Å². The Hall–Kier alpha value is -3.68. The molecule has 8 heteroatoms. The molecule has 2 aromatic carbocycles. The van der Waals surface area contributed by atoms with E-state index in [-0.39, 0.29) is 11.6 Å². The number of rotatable bonds is 2. The molecule has 0 aliphatic heterocycles. The fraction of sp³-hybridized carbons (Fsp3) is 0.0588. The lowest BCUT2D eigenvalue weighted by atomic mass is 9.99. The molecule has 0 atom stereocenters. The minimum atomic E-state index is -0.412. The molecule has 0 unspecified atom stereocenters. The lowest BCUT2D eigenvalue weighted by Crippen LogP contribution is -2.01. The van der Waals surface area contributed by atoms with E-state index in [9.17, 15) is 10.1 Å². The molecule has 4 aromatic rings. The first kappa shape index (κ1) is 14.9. The molecule has 2 heterocycles. The molecule has 0 saturated heterocycles. The van der Waals surface area contributed by atoms with Crippen LogP contribution in [0.3, 0.4) is 0 Å². The summed E-state index contributed by atoms with van der Waals surface area (Å²) in [6.07, 6.45) is 1.90. The number of hydrogen-bond acceptors (Lipinski definition) is 6. The highest BCUT2D eigenvalue weighted by Crippen LogP contribution is 2.37. The van der Waals surface area contributed by atoms with Gasteiger partial charge in [0.15, 0.2) is 0 Å². The Labute approximate surface area is 141 Å². The van der Waals surface area contributed by atoms with Gasteiger partial charge in [0.2, 0.25) is 5.95 Å². The molecule has 4 rings (SSSR count). The van der Waals surface area contributed by atoms with Crippen molar-refractivity contribution in [3.05, 3.63) is 52.7 Å². The Morgan fingerprint density at radius 3 is 2.72 bits per heavy atom. The van der Waals surface area contributed by atoms with Gasteiger partial charge in [0.25, 0.3) is 5.69 Å². The van der Waals surface area contributed by atoms with Crippen molar-refractivity contribution in [3.63, 3.8) is 0 Å². The van der Waals surface area contributed by atoms with Crippen molar-refractivity contribution in [2.45, 2.75) is 0 Å². The summed E-state index contributed by atoms with van der Waals surface area (Å²) >= 11 is 0. The van der Waals surface area contributed by atoms with Crippen LogP contribution in [0.2, 0.25) is 0 Å². The van der Waals surface area contributed by atoms with E-state index in [1.54, 1.807) is 12.1 Å². The van der Waals surface area contributed by atoms with Crippen molar-refractivity contribution in [3.8, 4) is 11.1 Å². The lowest BCUT2D eigenvalue weighted by Gasteiger charge is -2.11. The summed E-state index contributed by atoms with van der Waals surface area (Å²) in [4.78, 5) is 19.0. The number of nitrogens with two attached hydrogens (primary N) is 2. The van der Waals surface area contributed by atoms with Crippen LogP contribution in [0.5, 0.6) is 0 Å². The van der Waals surface area contributed by atoms with Gasteiger partial charge in [-0.25, -0.2) is 4.98 Å². The number of benzene rings is 2. The van der Waals surface area contributed by atoms with Gasteiger partial charge in [-0.15, -0.1) is 0 Å². The average Bonchev–Trinajstić information content (AvgIpc) is 2.95. The molecule has 25 heavy (non-hydrogen) atoms. The monoisotopic (exact) mass is 334 g/mol. The van der Waals surface area contributed by atoms with E-state index >= 15 is 0 Å². The Morgan fingerprint density at radius 2 is 1.96 bits per heavy atom. The summed E-state index contributed by atoms with van der Waals surface area (Å²) in [6.45, 7) is 0. The fourth-order valence-corrected chi connectivity index (χ4v) is 3.17. The number of fused-ring (bicyclic) bond motifs is 3. The quantitative estimate of drug-likeness (QED) is 0.429. The highest BCUT2D eigenvalue weighted by molar-refractivity contribution is 6.15. The minimum absolute atomic E-state index is 0.0293. The first-order valence-corrected chi connectivity index (χ1v) is 7.51. The Kier molecular flexibility index (Phi) is 3.08. The van der Waals surface area contributed by atoms with E-state index in [0.717, 1.165) is 27.4 Å². The van der Waals surface area contributed by atoms with Crippen LogP contribution in [0.25, 0.3) is 32.9 Å². The zero-order valence-electron chi connectivity index (χ0n) is 13.3. The van der Waals surface area contributed by atoms with E-state index in [1.165, 1.54) is 6.07 Å². The summed E-state index contributed by atoms with van der Waals surface area (Å²) in [5, 5.41) is 12.7. The molecule has 0 aliphatic carbocycles. The van der Waals surface area contributed by atoms with Crippen molar-refractivity contribution in [2.75, 3.05) is 11.5 Å². The smallest absolute Gasteiger partial charge is 0.270 e. The third-order valence-electron chi connectivity index (χ3n) is 4.23. The fourth-order valence-electron chi connectivity index (χ4n) is 3.17. The molecule has 4 N–H and O–H groups in total. The molecule has 0 saturated carbocycles. The standard InChI is InChI=1S/C17H14N6O2/c1-22-6-5-11-14-13(20-17(19)21-16(14)18)8-12(15(11)22)9-3-2-4-10(7-9)23(24)25/h2-8H,1H3,(H4,18,19,20,21). The van der Waals surface area contributed by atoms with Gasteiger partial charge in [-0.05, 0) is 17.7 Å². The van der Waals surface area contributed by atoms with Gasteiger partial charge in [0.1, 0.15) is 5.82 Å². The van der Waals surface area contributed by atoms with Crippen LogP contribution in [0.15, 0.2) is 42.6 Å². The number of nitro groups is 1. The van der Waals surface area contributed by atoms with Gasteiger partial charge in [0, 0.05) is 36.3 Å². The number of nitro benzene ring substituents is 1. The SMILES string of the molecule is Cn1ccc2c3c(N)nc(N)nc3cc(-c3cccc([N+](=O)[O-])c3)c21. The Balaban J connectivity index is 2.14. The number of nitrogens with zero attached hydrogens (tertiary/aromatic N) is 4. The molecule has 124 valence electrons. The maximum Gasteiger partial charge on any atom is 0.270 e. The summed E-state index contributed by atoms with van der Waals surface area (Å²) in [7, 11) is 1.91. The van der Waals surface area contributed by atoms with Gasteiger partial charge in [-0.1, -0.05) is 12.1 Å².